The number of ether oxygens (including phenoxy) is 4. The van der Waals surface area contributed by atoms with Crippen LogP contribution in [0.4, 0.5) is 5.95 Å². The van der Waals surface area contributed by atoms with E-state index >= 15 is 0 Å². The Hall–Kier alpha value is -4.64. The quantitative estimate of drug-likeness (QED) is 0.158. The van der Waals surface area contributed by atoms with E-state index in [2.05, 4.69) is 20.3 Å². The molecule has 272 valence electrons. The summed E-state index contributed by atoms with van der Waals surface area (Å²) < 4.78 is 57.9. The number of rotatable bonds is 12. The number of hydrogen-bond donors (Lipinski definition) is 1. The van der Waals surface area contributed by atoms with Crippen molar-refractivity contribution in [2.45, 2.75) is 116 Å². The number of imidazole rings is 1. The number of aromatic nitrogens is 4. The fraction of sp³-hybridized carbons (Fsp3) is 0.545. The van der Waals surface area contributed by atoms with Crippen LogP contribution in [-0.4, -0.2) is 76.7 Å². The van der Waals surface area contributed by atoms with E-state index in [1.54, 1.807) is 0 Å². The molecule has 4 atom stereocenters. The molecular weight excluding hydrogens is 674 g/mol. The first kappa shape index (κ1) is 38.2. The van der Waals surface area contributed by atoms with Crippen LogP contribution in [0, 0.1) is 0 Å². The molecule has 1 aliphatic rings. The number of esters is 3. The number of anilines is 1. The Morgan fingerprint density at radius 2 is 1.44 bits per heavy atom. The van der Waals surface area contributed by atoms with Gasteiger partial charge in [0.15, 0.2) is 29.6 Å². The Morgan fingerprint density at radius 3 is 1.94 bits per heavy atom. The summed E-state index contributed by atoms with van der Waals surface area (Å²) in [6.07, 6.45) is -3.71. The molecule has 1 aromatic carbocycles. The number of benzene rings is 1. The van der Waals surface area contributed by atoms with Crippen LogP contribution in [0.5, 0.6) is 5.88 Å². The largest absolute Gasteiger partial charge is 0.463 e. The fourth-order valence-electron chi connectivity index (χ4n) is 5.59. The molecule has 0 bridgehead atoms. The van der Waals surface area contributed by atoms with Crippen LogP contribution in [0.15, 0.2) is 23.4 Å². The molecule has 0 radical (unpaired) electrons. The molecule has 1 saturated heterocycles. The summed E-state index contributed by atoms with van der Waals surface area (Å²) >= 11 is 0. The average Bonchev–Trinajstić information content (AvgIpc) is 3.55. The lowest BCUT2D eigenvalue weighted by molar-refractivity contribution is -0.166. The summed E-state index contributed by atoms with van der Waals surface area (Å²) in [6, 6.07) is 3.73. The monoisotopic (exact) mass is 717 g/mol. The van der Waals surface area contributed by atoms with Crippen molar-refractivity contribution >= 4 is 51.0 Å². The van der Waals surface area contributed by atoms with E-state index in [9.17, 15) is 27.6 Å². The molecule has 16 nitrogen and oxygen atoms in total. The molecular formula is C33H43N5O11S. The Labute approximate surface area is 290 Å². The van der Waals surface area contributed by atoms with Gasteiger partial charge in [-0.2, -0.15) is 18.4 Å². The Kier molecular flexibility index (Phi) is 11.5. The maximum absolute atomic E-state index is 14.3. The second-order valence-corrected chi connectivity index (χ2v) is 14.4. The maximum Gasteiger partial charge on any atom is 0.341 e. The molecule has 3 heterocycles. The predicted octanol–water partition coefficient (Wildman–Crippen LogP) is 4.25. The molecule has 0 aliphatic carbocycles. The van der Waals surface area contributed by atoms with Crippen LogP contribution in [0.1, 0.15) is 110 Å². The van der Waals surface area contributed by atoms with E-state index in [1.807, 2.05) is 53.7 Å². The Bertz CT molecular complexity index is 1880. The Morgan fingerprint density at radius 1 is 0.860 bits per heavy atom. The number of fused-ring (bicyclic) bond motifs is 1. The van der Waals surface area contributed by atoms with Crippen LogP contribution >= 0.6 is 0 Å². The zero-order valence-corrected chi connectivity index (χ0v) is 30.5. The van der Waals surface area contributed by atoms with E-state index in [0.29, 0.717) is 11.1 Å². The smallest absolute Gasteiger partial charge is 0.341 e. The molecule has 1 N–H and O–H groups in total. The lowest BCUT2D eigenvalue weighted by atomic mass is 9.89. The summed E-state index contributed by atoms with van der Waals surface area (Å²) in [6.45, 7) is 15.9. The molecule has 1 fully saturated rings. The minimum absolute atomic E-state index is 0.00533. The normalized spacial score (nSPS) is 19.2. The first-order valence-electron chi connectivity index (χ1n) is 16.1. The molecule has 1 aliphatic heterocycles. The van der Waals surface area contributed by atoms with Crippen molar-refractivity contribution in [2.75, 3.05) is 11.9 Å². The van der Waals surface area contributed by atoms with E-state index < -0.39 is 64.4 Å². The first-order chi connectivity index (χ1) is 23.3. The third-order valence-electron chi connectivity index (χ3n) is 7.81. The lowest BCUT2D eigenvalue weighted by Gasteiger charge is -2.24. The molecule has 50 heavy (non-hydrogen) atoms. The van der Waals surface area contributed by atoms with Crippen molar-refractivity contribution in [3.8, 4) is 5.88 Å². The highest BCUT2D eigenvalue weighted by atomic mass is 32.2. The molecule has 0 unspecified atom stereocenters. The second kappa shape index (κ2) is 15.1. The third-order valence-corrected chi connectivity index (χ3v) is 9.16. The van der Waals surface area contributed by atoms with Gasteiger partial charge < -0.3 is 23.1 Å². The van der Waals surface area contributed by atoms with Crippen molar-refractivity contribution in [2.24, 2.45) is 0 Å². The van der Waals surface area contributed by atoms with Gasteiger partial charge in [-0.3, -0.25) is 29.1 Å². The molecule has 2 aromatic heterocycles. The van der Waals surface area contributed by atoms with Crippen molar-refractivity contribution in [3.05, 3.63) is 35.2 Å². The van der Waals surface area contributed by atoms with Crippen molar-refractivity contribution in [3.63, 3.8) is 0 Å². The van der Waals surface area contributed by atoms with E-state index in [1.165, 1.54) is 24.7 Å². The number of amides is 1. The number of nitrogens with zero attached hydrogens (tertiary/aromatic N) is 4. The van der Waals surface area contributed by atoms with Crippen LogP contribution in [-0.2, 0) is 48.2 Å². The minimum Gasteiger partial charge on any atom is -0.463 e. The highest BCUT2D eigenvalue weighted by molar-refractivity contribution is 7.87. The zero-order valence-electron chi connectivity index (χ0n) is 29.7. The minimum atomic E-state index is -4.59. The van der Waals surface area contributed by atoms with Crippen LogP contribution in [0.2, 0.25) is 0 Å². The lowest BCUT2D eigenvalue weighted by Crippen LogP contribution is -2.40. The highest BCUT2D eigenvalue weighted by Gasteiger charge is 2.51. The second-order valence-electron chi connectivity index (χ2n) is 12.9. The highest BCUT2D eigenvalue weighted by Crippen LogP contribution is 2.39. The van der Waals surface area contributed by atoms with Crippen LogP contribution < -0.4 is 9.50 Å². The van der Waals surface area contributed by atoms with Gasteiger partial charge in [-0.1, -0.05) is 53.7 Å². The fourth-order valence-corrected chi connectivity index (χ4v) is 7.16. The summed E-state index contributed by atoms with van der Waals surface area (Å²) in [4.78, 5) is 60.9. The first-order valence-corrected chi connectivity index (χ1v) is 17.5. The average molecular weight is 718 g/mol. The number of carbonyl (C=O) groups is 4. The van der Waals surface area contributed by atoms with E-state index in [-0.39, 0.29) is 46.4 Å². The van der Waals surface area contributed by atoms with Gasteiger partial charge in [-0.25, -0.2) is 4.98 Å². The van der Waals surface area contributed by atoms with Gasteiger partial charge in [-0.05, 0) is 34.4 Å². The van der Waals surface area contributed by atoms with Crippen molar-refractivity contribution in [1.29, 1.82) is 0 Å². The van der Waals surface area contributed by atoms with Gasteiger partial charge >= 0.3 is 28.0 Å². The van der Waals surface area contributed by atoms with Crippen molar-refractivity contribution in [1.82, 2.24) is 19.5 Å². The molecule has 0 spiro atoms. The van der Waals surface area contributed by atoms with E-state index in [0.717, 1.165) is 19.4 Å². The zero-order chi connectivity index (χ0) is 37.2. The van der Waals surface area contributed by atoms with Crippen LogP contribution in [0.25, 0.3) is 11.2 Å². The number of carbonyl (C=O) groups excluding carboxylic acids is 4. The summed E-state index contributed by atoms with van der Waals surface area (Å²) in [5.41, 5.74) is 1.88. The Balaban J connectivity index is 1.91. The summed E-state index contributed by atoms with van der Waals surface area (Å²) in [5.74, 6) is -3.73. The van der Waals surface area contributed by atoms with Gasteiger partial charge in [-0.15, -0.1) is 0 Å². The van der Waals surface area contributed by atoms with E-state index in [4.69, 9.17) is 23.1 Å². The summed E-state index contributed by atoms with van der Waals surface area (Å²) in [7, 11) is -4.59. The van der Waals surface area contributed by atoms with Crippen LogP contribution in [0.3, 0.4) is 0 Å². The van der Waals surface area contributed by atoms with Gasteiger partial charge in [0.25, 0.3) is 5.88 Å². The molecule has 3 aromatic rings. The van der Waals surface area contributed by atoms with Crippen molar-refractivity contribution < 1.29 is 50.7 Å². The molecule has 4 rings (SSSR count). The van der Waals surface area contributed by atoms with Gasteiger partial charge in [0.05, 0.1) is 6.33 Å². The SMILES string of the molecule is CC(=O)Nc1nc(OS(=O)(=O)c2c(C(C)C)cc(C(C)C)cc2C(C)C)c2ncn([C@@H]3O[C@H](COC(C)=O)[C@@H](OC(C)=O)[C@H]3OC(C)=O)c2n1. The van der Waals surface area contributed by atoms with Gasteiger partial charge in [0.2, 0.25) is 11.9 Å². The van der Waals surface area contributed by atoms with Gasteiger partial charge in [0, 0.05) is 27.7 Å². The maximum atomic E-state index is 14.3. The third kappa shape index (κ3) is 8.38. The molecule has 17 heteroatoms. The number of hydrogen-bond acceptors (Lipinski definition) is 14. The molecule has 0 saturated carbocycles. The van der Waals surface area contributed by atoms with Gasteiger partial charge in [0.1, 0.15) is 17.6 Å². The molecule has 1 amide bonds. The topological polar surface area (TPSA) is 204 Å². The standard InChI is InChI=1S/C33H43N5O11S/c1-15(2)22-11-23(16(3)4)29(24(12-22)17(5)6)50(43,44)49-31-26-30(36-33(37-31)35-18(7)39)38(14-34-26)32-28(47-21(10)42)27(46-20(9)41)25(48-32)13-45-19(8)40/h11-12,14-17,25,27-28,32H,13H2,1-10H3,(H,35,36,37,39)/t25-,27-,28-,32-/m1/s1. The predicted molar refractivity (Wildman–Crippen MR) is 178 cm³/mol. The number of nitrogens with one attached hydrogen (secondary N) is 1. The summed E-state index contributed by atoms with van der Waals surface area (Å²) in [5, 5.41) is 2.44.